The van der Waals surface area contributed by atoms with Gasteiger partial charge in [-0.3, -0.25) is 0 Å². The summed E-state index contributed by atoms with van der Waals surface area (Å²) in [6.07, 6.45) is 0. The van der Waals surface area contributed by atoms with E-state index in [0.717, 1.165) is 23.2 Å². The number of nitriles is 1. The highest BCUT2D eigenvalue weighted by Crippen LogP contribution is 2.46. The normalized spacial score (nSPS) is 24.7. The van der Waals surface area contributed by atoms with Crippen molar-refractivity contribution < 1.29 is 9.53 Å². The molecule has 0 aromatic carbocycles. The highest BCUT2D eigenvalue weighted by atomic mass is 32.2. The van der Waals surface area contributed by atoms with E-state index in [1.807, 2.05) is 0 Å². The van der Waals surface area contributed by atoms with Crippen molar-refractivity contribution in [2.45, 2.75) is 30.3 Å². The Morgan fingerprint density at radius 3 is 3.00 bits per heavy atom. The molecule has 0 N–H and O–H groups in total. The van der Waals surface area contributed by atoms with Crippen molar-refractivity contribution in [2.75, 3.05) is 25.4 Å². The van der Waals surface area contributed by atoms with Crippen LogP contribution in [0.3, 0.4) is 0 Å². The lowest BCUT2D eigenvalue weighted by atomic mass is 9.85. The minimum Gasteiger partial charge on any atom is -0.340 e. The highest BCUT2D eigenvalue weighted by molar-refractivity contribution is 7.99. The van der Waals surface area contributed by atoms with E-state index in [4.69, 9.17) is 4.74 Å². The zero-order chi connectivity index (χ0) is 15.2. The highest BCUT2D eigenvalue weighted by Gasteiger charge is 2.41. The molecule has 2 aliphatic heterocycles. The average molecular weight is 325 g/mol. The summed E-state index contributed by atoms with van der Waals surface area (Å²) in [5, 5.41) is 9.92. The van der Waals surface area contributed by atoms with Crippen LogP contribution in [0.2, 0.25) is 0 Å². The maximum atomic E-state index is 12.2. The van der Waals surface area contributed by atoms with E-state index >= 15 is 0 Å². The van der Waals surface area contributed by atoms with E-state index in [9.17, 15) is 10.1 Å². The van der Waals surface area contributed by atoms with Gasteiger partial charge >= 0.3 is 6.03 Å². The summed E-state index contributed by atoms with van der Waals surface area (Å²) in [5.74, 6) is 0.827. The molecule has 2 amide bonds. The Bertz CT molecular complexity index is 622. The number of rotatable bonds is 1. The van der Waals surface area contributed by atoms with E-state index in [1.54, 1.807) is 11.9 Å². The number of ether oxygens (including phenoxy) is 1. The van der Waals surface area contributed by atoms with Gasteiger partial charge in [0.25, 0.3) is 0 Å². The zero-order valence-electron chi connectivity index (χ0n) is 12.2. The molecule has 0 spiro atoms. The summed E-state index contributed by atoms with van der Waals surface area (Å²) in [7, 11) is 1.70. The lowest BCUT2D eigenvalue weighted by Crippen LogP contribution is -2.48. The fourth-order valence-corrected chi connectivity index (χ4v) is 5.17. The van der Waals surface area contributed by atoms with Crippen LogP contribution in [0.4, 0.5) is 9.93 Å². The number of hydrogen-bond acceptors (Lipinski definition) is 5. The summed E-state index contributed by atoms with van der Waals surface area (Å²) in [5.41, 5.74) is 0.665. The number of amides is 2. The molecule has 1 saturated heterocycles. The molecule has 1 unspecified atom stereocenters. The van der Waals surface area contributed by atoms with Crippen molar-refractivity contribution in [3.05, 3.63) is 10.6 Å². The predicted molar refractivity (Wildman–Crippen MR) is 83.7 cm³/mol. The van der Waals surface area contributed by atoms with Gasteiger partial charge in [0.2, 0.25) is 0 Å². The summed E-state index contributed by atoms with van der Waals surface area (Å²) >= 11 is 2.65. The number of fused-ring (bicyclic) bond motifs is 1. The molecule has 8 heteroatoms. The molecule has 1 fully saturated rings. The van der Waals surface area contributed by atoms with Gasteiger partial charge in [-0.25, -0.2) is 26.4 Å². The zero-order valence-corrected chi connectivity index (χ0v) is 13.9. The van der Waals surface area contributed by atoms with Crippen LogP contribution >= 0.6 is 23.1 Å². The van der Waals surface area contributed by atoms with E-state index in [1.165, 1.54) is 21.1 Å². The molecule has 1 aromatic rings. The Labute approximate surface area is 131 Å². The maximum absolute atomic E-state index is 12.2. The number of thiazole rings is 1. The van der Waals surface area contributed by atoms with Crippen molar-refractivity contribution in [3.8, 4) is 6.07 Å². The van der Waals surface area contributed by atoms with Crippen LogP contribution in [0.5, 0.6) is 0 Å². The predicted octanol–water partition coefficient (Wildman–Crippen LogP) is 2.10. The monoisotopic (exact) mass is 325 g/mol. The molecule has 3 heterocycles. The molecule has 0 saturated carbocycles. The Kier molecular flexibility index (Phi) is 3.59. The first-order valence-corrected chi connectivity index (χ1v) is 8.58. The van der Waals surface area contributed by atoms with E-state index in [2.05, 4.69) is 24.9 Å². The first-order valence-electron chi connectivity index (χ1n) is 6.62. The number of urea groups is 1. The van der Waals surface area contributed by atoms with Crippen LogP contribution in [-0.2, 0) is 15.9 Å². The van der Waals surface area contributed by atoms with Crippen LogP contribution in [0, 0.1) is 11.3 Å². The van der Waals surface area contributed by atoms with Gasteiger partial charge in [0.15, 0.2) is 5.13 Å². The lowest BCUT2D eigenvalue weighted by Gasteiger charge is -2.33. The Balaban J connectivity index is 1.97. The Morgan fingerprint density at radius 2 is 2.29 bits per heavy atom. The van der Waals surface area contributed by atoms with Gasteiger partial charge in [-0.2, -0.15) is 5.26 Å². The molecule has 2 aliphatic rings. The van der Waals surface area contributed by atoms with Crippen molar-refractivity contribution >= 4 is 34.3 Å². The number of carbonyl (C=O) groups is 1. The summed E-state index contributed by atoms with van der Waals surface area (Å²) in [6.45, 7) is 4.64. The first-order chi connectivity index (χ1) is 9.95. The fraction of sp³-hybridized carbons (Fsp3) is 0.615. The summed E-state index contributed by atoms with van der Waals surface area (Å²) < 4.78 is 5.39. The summed E-state index contributed by atoms with van der Waals surface area (Å²) in [6, 6.07) is 2.28. The van der Waals surface area contributed by atoms with Crippen LogP contribution in [0.25, 0.3) is 0 Å². The molecule has 1 radical (unpaired) electrons. The van der Waals surface area contributed by atoms with E-state index in [0.29, 0.717) is 11.9 Å². The van der Waals surface area contributed by atoms with E-state index in [-0.39, 0.29) is 23.4 Å². The van der Waals surface area contributed by atoms with Gasteiger partial charge in [0, 0.05) is 23.1 Å². The number of thiol groups is 1. The Hall–Kier alpha value is -1.30. The second kappa shape index (κ2) is 5.16. The lowest BCUT2D eigenvalue weighted by molar-refractivity contribution is 0.0361. The largest absolute Gasteiger partial charge is 0.340 e. The minimum atomic E-state index is -0.287. The van der Waals surface area contributed by atoms with Gasteiger partial charge in [0.05, 0.1) is 17.0 Å². The van der Waals surface area contributed by atoms with Gasteiger partial charge in [0.1, 0.15) is 13.5 Å². The van der Waals surface area contributed by atoms with Crippen LogP contribution in [0.15, 0.2) is 0 Å². The number of aromatic nitrogens is 1. The molecule has 6 nitrogen and oxygen atoms in total. The van der Waals surface area contributed by atoms with Gasteiger partial charge in [-0.05, 0) is 0 Å². The smallest absolute Gasteiger partial charge is 0.329 e. The quantitative estimate of drug-likeness (QED) is 0.803. The topological polar surface area (TPSA) is 69.5 Å². The maximum Gasteiger partial charge on any atom is 0.329 e. The molecule has 113 valence electrons. The van der Waals surface area contributed by atoms with Crippen molar-refractivity contribution in [1.82, 2.24) is 9.88 Å². The van der Waals surface area contributed by atoms with Crippen molar-refractivity contribution in [1.29, 1.82) is 5.26 Å². The molecule has 21 heavy (non-hydrogen) atoms. The number of nitrogens with zero attached hydrogens (tertiary/aromatic N) is 4. The Morgan fingerprint density at radius 1 is 1.52 bits per heavy atom. The standard InChI is InChI=1S/C13H17N4O2S2/c1-13(2)9(4-14)20-5-8-10(13)15-11(21-8)17-7-19-6-16(3)12(17)18/h9,20H,5-7H2,1-3H3. The number of anilines is 1. The van der Waals surface area contributed by atoms with Gasteiger partial charge in [-0.15, -0.1) is 11.3 Å². The van der Waals surface area contributed by atoms with Crippen LogP contribution in [0.1, 0.15) is 24.4 Å². The molecular formula is C13H17N4O2S2. The van der Waals surface area contributed by atoms with Crippen LogP contribution in [-0.4, -0.2) is 41.7 Å². The SMILES string of the molecule is CN1COCN(c2nc3c(s2)C[SH]C(C#N)C3(C)C)C1=O. The third-order valence-corrected chi connectivity index (χ3v) is 6.73. The molecular weight excluding hydrogens is 308 g/mol. The number of carbonyl (C=O) groups excluding carboxylic acids is 1. The third kappa shape index (κ3) is 2.29. The molecule has 1 aromatic heterocycles. The molecule has 1 atom stereocenters. The summed E-state index contributed by atoms with van der Waals surface area (Å²) in [4.78, 5) is 21.1. The van der Waals surface area contributed by atoms with Crippen molar-refractivity contribution in [3.63, 3.8) is 0 Å². The van der Waals surface area contributed by atoms with Crippen LogP contribution < -0.4 is 4.90 Å². The van der Waals surface area contributed by atoms with Gasteiger partial charge in [-0.1, -0.05) is 13.8 Å². The minimum absolute atomic E-state index is 0.0593. The average Bonchev–Trinajstić information content (AvgIpc) is 2.87. The second-order valence-electron chi connectivity index (χ2n) is 5.73. The molecule has 0 bridgehead atoms. The third-order valence-electron chi connectivity index (χ3n) is 3.81. The molecule has 3 rings (SSSR count). The van der Waals surface area contributed by atoms with E-state index < -0.39 is 0 Å². The van der Waals surface area contributed by atoms with Crippen molar-refractivity contribution in [2.24, 2.45) is 0 Å². The first kappa shape index (κ1) is 14.6. The molecule has 0 aliphatic carbocycles. The second-order valence-corrected chi connectivity index (χ2v) is 7.99. The van der Waals surface area contributed by atoms with Gasteiger partial charge < -0.3 is 9.64 Å². The fourth-order valence-electron chi connectivity index (χ4n) is 2.52. The number of hydrogen-bond donors (Lipinski definition) is 1.